The van der Waals surface area contributed by atoms with Crippen LogP contribution in [0.15, 0.2) is 89.4 Å². The van der Waals surface area contributed by atoms with Gasteiger partial charge in [0.2, 0.25) is 0 Å². The molecule has 2 heterocycles. The third-order valence-corrected chi connectivity index (χ3v) is 6.30. The molecule has 146 valence electrons. The molecule has 1 aliphatic rings. The molecule has 0 saturated heterocycles. The Balaban J connectivity index is 1.60. The van der Waals surface area contributed by atoms with Gasteiger partial charge in [-0.1, -0.05) is 46.3 Å². The van der Waals surface area contributed by atoms with Crippen molar-refractivity contribution in [3.8, 4) is 16.8 Å². The number of nitrogens with one attached hydrogen (secondary N) is 1. The fraction of sp³-hybridized carbons (Fsp3) is 0.0769. The SMILES string of the molecule is Brc1ccc2c(c1)c1cc(-c3ccc4c(c3)COCN4)ccc1n2-c1ccccc1. The first kappa shape index (κ1) is 17.8. The standard InChI is InChI=1S/C26H19BrN2O/c27-20-8-11-26-23(14-20)22-13-18(17-6-9-24-19(12-17)15-30-16-28-24)7-10-25(22)29(26)21-4-2-1-3-5-21/h1-14,28H,15-16H2. The molecule has 0 radical (unpaired) electrons. The van der Waals surface area contributed by atoms with Gasteiger partial charge in [-0.15, -0.1) is 0 Å². The number of nitrogens with zero attached hydrogens (tertiary/aromatic N) is 1. The van der Waals surface area contributed by atoms with Gasteiger partial charge >= 0.3 is 0 Å². The van der Waals surface area contributed by atoms with Crippen molar-refractivity contribution in [2.24, 2.45) is 0 Å². The number of benzene rings is 4. The molecule has 0 aliphatic carbocycles. The molecule has 4 heteroatoms. The lowest BCUT2D eigenvalue weighted by Crippen LogP contribution is -2.14. The summed E-state index contributed by atoms with van der Waals surface area (Å²) in [7, 11) is 0. The van der Waals surface area contributed by atoms with E-state index in [9.17, 15) is 0 Å². The molecule has 0 amide bonds. The molecule has 0 unspecified atom stereocenters. The van der Waals surface area contributed by atoms with Crippen LogP contribution >= 0.6 is 15.9 Å². The van der Waals surface area contributed by atoms with Crippen LogP contribution in [0.1, 0.15) is 5.56 Å². The van der Waals surface area contributed by atoms with Gasteiger partial charge in [0.05, 0.1) is 17.6 Å². The summed E-state index contributed by atoms with van der Waals surface area (Å²) >= 11 is 3.66. The minimum absolute atomic E-state index is 0.576. The zero-order valence-corrected chi connectivity index (χ0v) is 17.8. The molecule has 1 aliphatic heterocycles. The highest BCUT2D eigenvalue weighted by molar-refractivity contribution is 9.10. The van der Waals surface area contributed by atoms with Crippen molar-refractivity contribution in [3.05, 3.63) is 95.0 Å². The van der Waals surface area contributed by atoms with Crippen molar-refractivity contribution in [2.75, 3.05) is 12.0 Å². The van der Waals surface area contributed by atoms with Crippen LogP contribution < -0.4 is 5.32 Å². The highest BCUT2D eigenvalue weighted by atomic mass is 79.9. The van der Waals surface area contributed by atoms with Crippen LogP contribution in [0.4, 0.5) is 5.69 Å². The maximum absolute atomic E-state index is 5.56. The van der Waals surface area contributed by atoms with Crippen LogP contribution in [0.3, 0.4) is 0 Å². The molecule has 30 heavy (non-hydrogen) atoms. The van der Waals surface area contributed by atoms with Gasteiger partial charge in [0.15, 0.2) is 0 Å². The van der Waals surface area contributed by atoms with Gasteiger partial charge in [-0.2, -0.15) is 0 Å². The molecular formula is C26H19BrN2O. The Labute approximate surface area is 183 Å². The van der Waals surface area contributed by atoms with Crippen LogP contribution in [0, 0.1) is 0 Å². The van der Waals surface area contributed by atoms with Crippen molar-refractivity contribution in [3.63, 3.8) is 0 Å². The van der Waals surface area contributed by atoms with E-state index < -0.39 is 0 Å². The number of hydrogen-bond donors (Lipinski definition) is 1. The molecule has 3 nitrogen and oxygen atoms in total. The van der Waals surface area contributed by atoms with E-state index in [2.05, 4.69) is 111 Å². The molecule has 1 N–H and O–H groups in total. The van der Waals surface area contributed by atoms with E-state index in [4.69, 9.17) is 4.74 Å². The van der Waals surface area contributed by atoms with Gasteiger partial charge in [-0.05, 0) is 65.7 Å². The zero-order valence-electron chi connectivity index (χ0n) is 16.2. The van der Waals surface area contributed by atoms with Crippen molar-refractivity contribution in [1.82, 2.24) is 4.57 Å². The summed E-state index contributed by atoms with van der Waals surface area (Å²) in [6.45, 7) is 1.23. The summed E-state index contributed by atoms with van der Waals surface area (Å²) < 4.78 is 8.99. The zero-order chi connectivity index (χ0) is 20.1. The summed E-state index contributed by atoms with van der Waals surface area (Å²) in [5, 5.41) is 5.79. The van der Waals surface area contributed by atoms with Gasteiger partial charge in [0, 0.05) is 32.2 Å². The third-order valence-electron chi connectivity index (χ3n) is 5.80. The maximum Gasteiger partial charge on any atom is 0.116 e. The Bertz CT molecular complexity index is 1410. The van der Waals surface area contributed by atoms with Gasteiger partial charge < -0.3 is 14.6 Å². The Morgan fingerprint density at radius 1 is 0.767 bits per heavy atom. The van der Waals surface area contributed by atoms with E-state index in [1.165, 1.54) is 44.2 Å². The third kappa shape index (κ3) is 2.83. The topological polar surface area (TPSA) is 26.2 Å². The molecule has 6 rings (SSSR count). The molecule has 4 aromatic carbocycles. The highest BCUT2D eigenvalue weighted by Crippen LogP contribution is 2.37. The van der Waals surface area contributed by atoms with Gasteiger partial charge in [-0.3, -0.25) is 0 Å². The average Bonchev–Trinajstić information content (AvgIpc) is 3.12. The summed E-state index contributed by atoms with van der Waals surface area (Å²) in [5.74, 6) is 0. The minimum atomic E-state index is 0.576. The first-order valence-electron chi connectivity index (χ1n) is 10.0. The fourth-order valence-corrected chi connectivity index (χ4v) is 4.75. The van der Waals surface area contributed by atoms with Crippen LogP contribution in [0.25, 0.3) is 38.6 Å². The van der Waals surface area contributed by atoms with E-state index in [0.717, 1.165) is 10.2 Å². The highest BCUT2D eigenvalue weighted by Gasteiger charge is 2.15. The summed E-state index contributed by atoms with van der Waals surface area (Å²) in [5.41, 5.74) is 8.37. The number of para-hydroxylation sites is 1. The molecule has 0 bridgehead atoms. The number of fused-ring (bicyclic) bond motifs is 4. The number of hydrogen-bond acceptors (Lipinski definition) is 2. The Morgan fingerprint density at radius 2 is 1.50 bits per heavy atom. The van der Waals surface area contributed by atoms with Crippen molar-refractivity contribution < 1.29 is 4.74 Å². The van der Waals surface area contributed by atoms with Crippen molar-refractivity contribution in [2.45, 2.75) is 6.61 Å². The number of rotatable bonds is 2. The van der Waals surface area contributed by atoms with Crippen LogP contribution in [0.2, 0.25) is 0 Å². The number of ether oxygens (including phenoxy) is 1. The second-order valence-electron chi connectivity index (χ2n) is 7.61. The Kier molecular flexibility index (Phi) is 4.15. The number of aromatic nitrogens is 1. The van der Waals surface area contributed by atoms with Crippen LogP contribution in [-0.4, -0.2) is 11.3 Å². The largest absolute Gasteiger partial charge is 0.362 e. The lowest BCUT2D eigenvalue weighted by molar-refractivity contribution is 0.130. The lowest BCUT2D eigenvalue weighted by Gasteiger charge is -2.19. The maximum atomic E-state index is 5.56. The van der Waals surface area contributed by atoms with Crippen LogP contribution in [-0.2, 0) is 11.3 Å². The predicted octanol–water partition coefficient (Wildman–Crippen LogP) is 7.11. The minimum Gasteiger partial charge on any atom is -0.362 e. The van der Waals surface area contributed by atoms with E-state index in [1.54, 1.807) is 0 Å². The molecule has 0 spiro atoms. The van der Waals surface area contributed by atoms with E-state index in [1.807, 2.05) is 0 Å². The molecular weight excluding hydrogens is 436 g/mol. The summed E-state index contributed by atoms with van der Waals surface area (Å²) in [4.78, 5) is 0. The number of halogens is 1. The molecule has 0 atom stereocenters. The number of anilines is 1. The first-order chi connectivity index (χ1) is 14.8. The smallest absolute Gasteiger partial charge is 0.116 e. The van der Waals surface area contributed by atoms with E-state index in [-0.39, 0.29) is 0 Å². The normalized spacial score (nSPS) is 13.4. The van der Waals surface area contributed by atoms with Gasteiger partial charge in [-0.25, -0.2) is 0 Å². The van der Waals surface area contributed by atoms with Gasteiger partial charge in [0.25, 0.3) is 0 Å². The second-order valence-corrected chi connectivity index (χ2v) is 8.52. The van der Waals surface area contributed by atoms with Gasteiger partial charge in [0.1, 0.15) is 6.73 Å². The Morgan fingerprint density at radius 3 is 2.37 bits per heavy atom. The van der Waals surface area contributed by atoms with Crippen molar-refractivity contribution in [1.29, 1.82) is 0 Å². The molecule has 0 saturated carbocycles. The van der Waals surface area contributed by atoms with Crippen molar-refractivity contribution >= 4 is 43.4 Å². The van der Waals surface area contributed by atoms with E-state index >= 15 is 0 Å². The first-order valence-corrected chi connectivity index (χ1v) is 10.8. The monoisotopic (exact) mass is 454 g/mol. The van der Waals surface area contributed by atoms with Crippen LogP contribution in [0.5, 0.6) is 0 Å². The second kappa shape index (κ2) is 7.01. The Hall–Kier alpha value is -3.08. The fourth-order valence-electron chi connectivity index (χ4n) is 4.39. The lowest BCUT2D eigenvalue weighted by atomic mass is 9.99. The summed E-state index contributed by atoms with van der Waals surface area (Å²) in [6.07, 6.45) is 0. The predicted molar refractivity (Wildman–Crippen MR) is 127 cm³/mol. The average molecular weight is 455 g/mol. The molecule has 1 aromatic heterocycles. The van der Waals surface area contributed by atoms with E-state index in [0.29, 0.717) is 13.3 Å². The quantitative estimate of drug-likeness (QED) is 0.307. The molecule has 0 fully saturated rings. The summed E-state index contributed by atoms with van der Waals surface area (Å²) in [6, 6.07) is 30.4. The molecule has 5 aromatic rings.